The molecule has 0 unspecified atom stereocenters. The minimum absolute atomic E-state index is 0.488. The molecule has 30 heavy (non-hydrogen) atoms. The lowest BCUT2D eigenvalue weighted by molar-refractivity contribution is -0.119. The van der Waals surface area contributed by atoms with E-state index in [1.54, 1.807) is 0 Å². The van der Waals surface area contributed by atoms with Gasteiger partial charge in [0.1, 0.15) is 21.4 Å². The van der Waals surface area contributed by atoms with Crippen LogP contribution in [0.3, 0.4) is 0 Å². The molecule has 0 aliphatic carbocycles. The van der Waals surface area contributed by atoms with Crippen LogP contribution in [0.15, 0.2) is 71.3 Å². The van der Waals surface area contributed by atoms with E-state index >= 15 is 0 Å². The molecule has 2 aromatic carbocycles. The summed E-state index contributed by atoms with van der Waals surface area (Å²) in [6.07, 6.45) is 1.49. The Balaban J connectivity index is 1.79. The number of thioether (sulfide) groups is 1. The number of thiophene rings is 1. The zero-order valence-corrected chi connectivity index (χ0v) is 17.7. The third kappa shape index (κ3) is 4.19. The van der Waals surface area contributed by atoms with Crippen molar-refractivity contribution in [2.45, 2.75) is 17.2 Å². The Morgan fingerprint density at radius 1 is 1.07 bits per heavy atom. The second kappa shape index (κ2) is 8.64. The molecule has 0 saturated carbocycles. The minimum Gasteiger partial charge on any atom is -0.351 e. The molecule has 6 nitrogen and oxygen atoms in total. The molecular formula is C22H18N4O2S2. The molecule has 8 heteroatoms. The predicted octanol–water partition coefficient (Wildman–Crippen LogP) is 4.70. The predicted molar refractivity (Wildman–Crippen MR) is 120 cm³/mol. The molecule has 150 valence electrons. The summed E-state index contributed by atoms with van der Waals surface area (Å²) in [4.78, 5) is 33.8. The van der Waals surface area contributed by atoms with Crippen molar-refractivity contribution < 1.29 is 9.59 Å². The van der Waals surface area contributed by atoms with Gasteiger partial charge in [-0.25, -0.2) is 14.8 Å². The van der Waals surface area contributed by atoms with Crippen molar-refractivity contribution in [1.29, 1.82) is 0 Å². The van der Waals surface area contributed by atoms with E-state index in [-0.39, 0.29) is 0 Å². The summed E-state index contributed by atoms with van der Waals surface area (Å²) in [5.41, 5.74) is 9.18. The maximum Gasteiger partial charge on any atom is 0.318 e. The number of primary amides is 1. The Morgan fingerprint density at radius 3 is 2.50 bits per heavy atom. The summed E-state index contributed by atoms with van der Waals surface area (Å²) < 4.78 is 0. The van der Waals surface area contributed by atoms with Crippen molar-refractivity contribution in [2.75, 3.05) is 0 Å². The fourth-order valence-electron chi connectivity index (χ4n) is 3.08. The molecule has 0 fully saturated rings. The highest BCUT2D eigenvalue weighted by atomic mass is 32.2. The number of aromatic nitrogens is 2. The maximum atomic E-state index is 12.8. The fourth-order valence-corrected chi connectivity index (χ4v) is 5.18. The Hall–Kier alpha value is -3.23. The van der Waals surface area contributed by atoms with Gasteiger partial charge >= 0.3 is 6.03 Å². The normalized spacial score (nSPS) is 11.9. The Morgan fingerprint density at radius 2 is 1.80 bits per heavy atom. The number of urea groups is 1. The third-order valence-corrected chi connectivity index (χ3v) is 6.66. The molecule has 1 atom stereocenters. The lowest BCUT2D eigenvalue weighted by Crippen LogP contribution is -2.37. The van der Waals surface area contributed by atoms with Crippen LogP contribution in [0.2, 0.25) is 0 Å². The van der Waals surface area contributed by atoms with Crippen LogP contribution in [0, 0.1) is 6.92 Å². The summed E-state index contributed by atoms with van der Waals surface area (Å²) in [5.74, 6) is -0.488. The number of nitrogens with one attached hydrogen (secondary N) is 1. The molecular weight excluding hydrogens is 416 g/mol. The zero-order chi connectivity index (χ0) is 21.1. The number of carbonyl (C=O) groups is 2. The largest absolute Gasteiger partial charge is 0.351 e. The van der Waals surface area contributed by atoms with Crippen molar-refractivity contribution in [3.63, 3.8) is 0 Å². The van der Waals surface area contributed by atoms with Gasteiger partial charge in [0.2, 0.25) is 5.91 Å². The van der Waals surface area contributed by atoms with Gasteiger partial charge < -0.3 is 5.73 Å². The fraction of sp³-hybridized carbons (Fsp3) is 0.0909. The summed E-state index contributed by atoms with van der Waals surface area (Å²) in [7, 11) is 0. The van der Waals surface area contributed by atoms with Gasteiger partial charge in [0, 0.05) is 10.9 Å². The lowest BCUT2D eigenvalue weighted by atomic mass is 10.1. The van der Waals surface area contributed by atoms with Gasteiger partial charge in [0.25, 0.3) is 0 Å². The third-order valence-electron chi connectivity index (χ3n) is 4.51. The summed E-state index contributed by atoms with van der Waals surface area (Å²) in [5, 5.41) is 5.12. The smallest absolute Gasteiger partial charge is 0.318 e. The van der Waals surface area contributed by atoms with E-state index < -0.39 is 17.2 Å². The zero-order valence-electron chi connectivity index (χ0n) is 16.0. The van der Waals surface area contributed by atoms with Gasteiger partial charge in [-0.3, -0.25) is 10.1 Å². The van der Waals surface area contributed by atoms with Gasteiger partial charge in [-0.1, -0.05) is 71.9 Å². The van der Waals surface area contributed by atoms with Crippen LogP contribution >= 0.6 is 23.1 Å². The quantitative estimate of drug-likeness (QED) is 0.351. The van der Waals surface area contributed by atoms with E-state index in [0.29, 0.717) is 5.03 Å². The molecule has 3 N–H and O–H groups in total. The number of carbonyl (C=O) groups excluding carboxylic acids is 2. The lowest BCUT2D eigenvalue weighted by Gasteiger charge is -2.16. The van der Waals surface area contributed by atoms with E-state index in [1.807, 2.05) is 37.3 Å². The molecule has 4 aromatic rings. The standard InChI is InChI=1S/C22H18N4O2S2/c1-13-7-9-14(10-8-13)16-11-29-20-17(16)21(25-12-24-20)30-18(19(27)26-22(23)28)15-5-3-2-4-6-15/h2-12,18H,1H3,(H3,23,26,27,28)/t18-/m1/s1. The Kier molecular flexibility index (Phi) is 5.78. The second-order valence-corrected chi connectivity index (χ2v) is 8.59. The summed E-state index contributed by atoms with van der Waals surface area (Å²) in [6, 6.07) is 16.6. The number of amides is 3. The maximum absolute atomic E-state index is 12.8. The SMILES string of the molecule is Cc1ccc(-c2csc3ncnc(S[C@@H](C(=O)NC(N)=O)c4ccccc4)c23)cc1. The monoisotopic (exact) mass is 434 g/mol. The van der Waals surface area contributed by atoms with Crippen molar-refractivity contribution in [2.24, 2.45) is 5.73 Å². The topological polar surface area (TPSA) is 98.0 Å². The first-order chi connectivity index (χ1) is 14.5. The Bertz CT molecular complexity index is 1210. The Labute approximate surface area is 181 Å². The first-order valence-corrected chi connectivity index (χ1v) is 10.9. The molecule has 3 amide bonds. The number of nitrogens with two attached hydrogens (primary N) is 1. The van der Waals surface area contributed by atoms with E-state index in [0.717, 1.165) is 26.9 Å². The molecule has 0 spiro atoms. The van der Waals surface area contributed by atoms with Gasteiger partial charge in [-0.05, 0) is 18.1 Å². The second-order valence-electron chi connectivity index (χ2n) is 6.64. The average Bonchev–Trinajstić information content (AvgIpc) is 3.17. The van der Waals surface area contributed by atoms with Crippen molar-refractivity contribution in [3.05, 3.63) is 77.4 Å². The molecule has 0 radical (unpaired) electrons. The molecule has 2 aromatic heterocycles. The van der Waals surface area contributed by atoms with Crippen molar-refractivity contribution >= 4 is 45.3 Å². The van der Waals surface area contributed by atoms with Crippen molar-refractivity contribution in [3.8, 4) is 11.1 Å². The number of hydrogen-bond acceptors (Lipinski definition) is 6. The van der Waals surface area contributed by atoms with E-state index in [9.17, 15) is 9.59 Å². The summed E-state index contributed by atoms with van der Waals surface area (Å²) in [6.45, 7) is 2.04. The number of aryl methyl sites for hydroxylation is 1. The van der Waals surface area contributed by atoms with Gasteiger partial charge in [0.05, 0.1) is 5.39 Å². The van der Waals surface area contributed by atoms with Crippen LogP contribution in [0.4, 0.5) is 4.79 Å². The first-order valence-electron chi connectivity index (χ1n) is 9.14. The van der Waals surface area contributed by atoms with Crippen LogP contribution in [0.25, 0.3) is 21.3 Å². The molecule has 4 rings (SSSR count). The minimum atomic E-state index is -0.884. The molecule has 0 saturated heterocycles. The van der Waals surface area contributed by atoms with Crippen LogP contribution in [0.1, 0.15) is 16.4 Å². The number of benzene rings is 2. The van der Waals surface area contributed by atoms with Crippen LogP contribution in [0.5, 0.6) is 0 Å². The van der Waals surface area contributed by atoms with Gasteiger partial charge in [-0.2, -0.15) is 0 Å². The van der Waals surface area contributed by atoms with Gasteiger partial charge in [0.15, 0.2) is 0 Å². The first kappa shape index (κ1) is 20.1. The molecule has 2 heterocycles. The molecule has 0 bridgehead atoms. The summed E-state index contributed by atoms with van der Waals surface area (Å²) >= 11 is 2.80. The number of nitrogens with zero attached hydrogens (tertiary/aromatic N) is 2. The molecule has 0 aliphatic heterocycles. The van der Waals surface area contributed by atoms with Crippen molar-refractivity contribution in [1.82, 2.24) is 15.3 Å². The highest BCUT2D eigenvalue weighted by Gasteiger charge is 2.26. The number of fused-ring (bicyclic) bond motifs is 1. The number of rotatable bonds is 5. The number of imide groups is 1. The molecule has 0 aliphatic rings. The van der Waals surface area contributed by atoms with Crippen LogP contribution in [-0.4, -0.2) is 21.9 Å². The number of hydrogen-bond donors (Lipinski definition) is 2. The van der Waals surface area contributed by atoms with Crippen LogP contribution in [-0.2, 0) is 4.79 Å². The van der Waals surface area contributed by atoms with E-state index in [1.165, 1.54) is 35.0 Å². The highest BCUT2D eigenvalue weighted by Crippen LogP contribution is 2.42. The van der Waals surface area contributed by atoms with E-state index in [4.69, 9.17) is 5.73 Å². The van der Waals surface area contributed by atoms with E-state index in [2.05, 4.69) is 44.9 Å². The van der Waals surface area contributed by atoms with Gasteiger partial charge in [-0.15, -0.1) is 11.3 Å². The average molecular weight is 435 g/mol. The highest BCUT2D eigenvalue weighted by molar-refractivity contribution is 8.00. The van der Waals surface area contributed by atoms with Crippen LogP contribution < -0.4 is 11.1 Å².